The van der Waals surface area contributed by atoms with Gasteiger partial charge in [-0.2, -0.15) is 11.8 Å². The highest BCUT2D eigenvalue weighted by Crippen LogP contribution is 2.43. The van der Waals surface area contributed by atoms with Crippen LogP contribution in [0.3, 0.4) is 0 Å². The van der Waals surface area contributed by atoms with Crippen LogP contribution in [0.4, 0.5) is 5.69 Å². The van der Waals surface area contributed by atoms with Crippen LogP contribution in [-0.2, 0) is 15.3 Å². The van der Waals surface area contributed by atoms with Gasteiger partial charge in [0, 0.05) is 23.4 Å². The third-order valence-electron chi connectivity index (χ3n) is 6.52. The minimum atomic E-state index is -1.17. The molecule has 1 aliphatic rings. The molecular weight excluding hydrogens is 484 g/mol. The molecule has 1 aliphatic heterocycles. The highest BCUT2D eigenvalue weighted by molar-refractivity contribution is 7.97. The molecule has 0 fully saturated rings. The standard InChI is InChI=1S/C30H36N2O4S/c1-17-8-9-21(14-18(17)2)27-19(3)25(20-10-11-24-22(15-20)31-12-13-35-24)26(23(32-27)16-37-7)28(29(33)34)36-30(4,5)6/h8-11,14-15,28,31H,12-13,16H2,1-7H3,(H,33,34)/t28-/m0/s1. The van der Waals surface area contributed by atoms with Gasteiger partial charge in [-0.15, -0.1) is 0 Å². The Kier molecular flexibility index (Phi) is 7.85. The number of nitrogens with one attached hydrogen (secondary N) is 1. The molecule has 0 saturated carbocycles. The zero-order valence-corrected chi connectivity index (χ0v) is 23.5. The molecule has 0 bridgehead atoms. The van der Waals surface area contributed by atoms with Crippen LogP contribution in [0.5, 0.6) is 5.75 Å². The predicted octanol–water partition coefficient (Wildman–Crippen LogP) is 6.95. The van der Waals surface area contributed by atoms with Crippen LogP contribution < -0.4 is 10.1 Å². The fourth-order valence-electron chi connectivity index (χ4n) is 4.70. The fourth-order valence-corrected chi connectivity index (χ4v) is 5.19. The number of pyridine rings is 1. The van der Waals surface area contributed by atoms with Crippen LogP contribution in [0.25, 0.3) is 22.4 Å². The number of anilines is 1. The molecule has 0 unspecified atom stereocenters. The van der Waals surface area contributed by atoms with Crippen LogP contribution in [0.2, 0.25) is 0 Å². The molecule has 6 nitrogen and oxygen atoms in total. The number of thioether (sulfide) groups is 1. The molecule has 2 N–H and O–H groups in total. The number of hydrogen-bond donors (Lipinski definition) is 2. The first-order valence-electron chi connectivity index (χ1n) is 12.5. The molecule has 1 atom stereocenters. The van der Waals surface area contributed by atoms with Crippen LogP contribution in [0, 0.1) is 20.8 Å². The lowest BCUT2D eigenvalue weighted by molar-refractivity contribution is -0.160. The third-order valence-corrected chi connectivity index (χ3v) is 7.08. The molecule has 196 valence electrons. The van der Waals surface area contributed by atoms with E-state index in [0.29, 0.717) is 17.9 Å². The van der Waals surface area contributed by atoms with Gasteiger partial charge in [0.2, 0.25) is 0 Å². The number of aromatic nitrogens is 1. The number of benzene rings is 2. The van der Waals surface area contributed by atoms with Gasteiger partial charge < -0.3 is 19.9 Å². The van der Waals surface area contributed by atoms with E-state index < -0.39 is 17.7 Å². The topological polar surface area (TPSA) is 80.7 Å². The van der Waals surface area contributed by atoms with Crippen molar-refractivity contribution in [2.45, 2.75) is 59.0 Å². The van der Waals surface area contributed by atoms with Crippen molar-refractivity contribution >= 4 is 23.4 Å². The van der Waals surface area contributed by atoms with E-state index >= 15 is 0 Å². The molecule has 0 amide bonds. The van der Waals surface area contributed by atoms with E-state index in [4.69, 9.17) is 14.5 Å². The zero-order chi connectivity index (χ0) is 26.9. The molecule has 0 radical (unpaired) electrons. The van der Waals surface area contributed by atoms with Gasteiger partial charge in [0.05, 0.1) is 22.7 Å². The second kappa shape index (κ2) is 10.8. The highest BCUT2D eigenvalue weighted by Gasteiger charge is 2.34. The quantitative estimate of drug-likeness (QED) is 0.349. The minimum absolute atomic E-state index is 0.560. The zero-order valence-electron chi connectivity index (χ0n) is 22.7. The van der Waals surface area contributed by atoms with Crippen molar-refractivity contribution in [2.24, 2.45) is 0 Å². The van der Waals surface area contributed by atoms with E-state index in [1.54, 1.807) is 11.8 Å². The van der Waals surface area contributed by atoms with Gasteiger partial charge in [0.15, 0.2) is 6.10 Å². The molecule has 0 aliphatic carbocycles. The summed E-state index contributed by atoms with van der Waals surface area (Å²) < 4.78 is 12.0. The maximum atomic E-state index is 12.7. The Morgan fingerprint density at radius 2 is 1.86 bits per heavy atom. The van der Waals surface area contributed by atoms with E-state index in [1.807, 2.05) is 52.1 Å². The first-order chi connectivity index (χ1) is 17.5. The maximum Gasteiger partial charge on any atom is 0.337 e. The molecule has 7 heteroatoms. The summed E-state index contributed by atoms with van der Waals surface area (Å²) in [5, 5.41) is 13.8. The Labute approximate surface area is 223 Å². The number of carboxylic acid groups (broad SMARTS) is 1. The van der Waals surface area contributed by atoms with E-state index in [-0.39, 0.29) is 0 Å². The van der Waals surface area contributed by atoms with Gasteiger partial charge in [-0.1, -0.05) is 18.2 Å². The summed E-state index contributed by atoms with van der Waals surface area (Å²) in [6, 6.07) is 12.3. The summed E-state index contributed by atoms with van der Waals surface area (Å²) in [7, 11) is 0. The second-order valence-electron chi connectivity index (χ2n) is 10.5. The molecule has 0 spiro atoms. The number of fused-ring (bicyclic) bond motifs is 1. The average molecular weight is 521 g/mol. The Bertz CT molecular complexity index is 1330. The number of rotatable bonds is 7. The van der Waals surface area contributed by atoms with Crippen molar-refractivity contribution in [3.8, 4) is 28.1 Å². The Morgan fingerprint density at radius 1 is 1.14 bits per heavy atom. The van der Waals surface area contributed by atoms with Crippen molar-refractivity contribution in [3.05, 3.63) is 64.3 Å². The van der Waals surface area contributed by atoms with Crippen LogP contribution >= 0.6 is 11.8 Å². The number of hydrogen-bond acceptors (Lipinski definition) is 6. The molecule has 4 rings (SSSR count). The van der Waals surface area contributed by atoms with Crippen molar-refractivity contribution in [1.82, 2.24) is 4.98 Å². The predicted molar refractivity (Wildman–Crippen MR) is 152 cm³/mol. The Morgan fingerprint density at radius 3 is 2.51 bits per heavy atom. The minimum Gasteiger partial charge on any atom is -0.490 e. The van der Waals surface area contributed by atoms with Crippen molar-refractivity contribution < 1.29 is 19.4 Å². The monoisotopic (exact) mass is 520 g/mol. The lowest BCUT2D eigenvalue weighted by Gasteiger charge is -2.30. The Hall–Kier alpha value is -3.03. The molecular formula is C30H36N2O4S. The number of carboxylic acids is 1. The summed E-state index contributed by atoms with van der Waals surface area (Å²) in [5.74, 6) is 0.324. The summed E-state index contributed by atoms with van der Waals surface area (Å²) in [6.45, 7) is 13.2. The van der Waals surface area contributed by atoms with Crippen LogP contribution in [-0.4, -0.2) is 41.1 Å². The molecule has 2 aromatic carbocycles. The summed E-state index contributed by atoms with van der Waals surface area (Å²) >= 11 is 1.61. The SMILES string of the molecule is CSCc1nc(-c2ccc(C)c(C)c2)c(C)c(-c2ccc3c(c2)NCCO3)c1[C@H](OC(C)(C)C)C(=O)O. The van der Waals surface area contributed by atoms with E-state index in [9.17, 15) is 9.90 Å². The lowest BCUT2D eigenvalue weighted by atomic mass is 9.88. The smallest absolute Gasteiger partial charge is 0.337 e. The van der Waals surface area contributed by atoms with E-state index in [0.717, 1.165) is 51.6 Å². The number of ether oxygens (including phenoxy) is 2. The van der Waals surface area contributed by atoms with Crippen molar-refractivity contribution in [1.29, 1.82) is 0 Å². The molecule has 0 saturated heterocycles. The largest absolute Gasteiger partial charge is 0.490 e. The highest BCUT2D eigenvalue weighted by atomic mass is 32.2. The number of aliphatic carboxylic acids is 1. The number of nitrogens with zero attached hydrogens (tertiary/aromatic N) is 1. The lowest BCUT2D eigenvalue weighted by Crippen LogP contribution is -2.29. The van der Waals surface area contributed by atoms with Crippen LogP contribution in [0.15, 0.2) is 36.4 Å². The fraction of sp³-hybridized carbons (Fsp3) is 0.400. The summed E-state index contributed by atoms with van der Waals surface area (Å²) in [5.41, 5.74) is 8.50. The summed E-state index contributed by atoms with van der Waals surface area (Å²) in [6.07, 6.45) is 0.832. The molecule has 37 heavy (non-hydrogen) atoms. The van der Waals surface area contributed by atoms with E-state index in [1.165, 1.54) is 11.1 Å². The first-order valence-corrected chi connectivity index (χ1v) is 13.9. The number of carbonyl (C=O) groups is 1. The summed E-state index contributed by atoms with van der Waals surface area (Å²) in [4.78, 5) is 17.8. The molecule has 1 aromatic heterocycles. The first kappa shape index (κ1) is 27.0. The normalized spacial score (nSPS) is 13.9. The van der Waals surface area contributed by atoms with Crippen molar-refractivity contribution in [3.63, 3.8) is 0 Å². The van der Waals surface area contributed by atoms with Gasteiger partial charge in [0.25, 0.3) is 0 Å². The van der Waals surface area contributed by atoms with Gasteiger partial charge in [0.1, 0.15) is 12.4 Å². The second-order valence-corrected chi connectivity index (χ2v) is 11.4. The maximum absolute atomic E-state index is 12.7. The van der Waals surface area contributed by atoms with E-state index in [2.05, 4.69) is 37.4 Å². The third kappa shape index (κ3) is 5.78. The van der Waals surface area contributed by atoms with Gasteiger partial charge in [-0.25, -0.2) is 4.79 Å². The molecule has 3 aromatic rings. The van der Waals surface area contributed by atoms with Gasteiger partial charge in [-0.3, -0.25) is 4.98 Å². The van der Waals surface area contributed by atoms with Gasteiger partial charge in [-0.05, 0) is 93.8 Å². The average Bonchev–Trinajstić information content (AvgIpc) is 2.84. The van der Waals surface area contributed by atoms with Gasteiger partial charge >= 0.3 is 5.97 Å². The van der Waals surface area contributed by atoms with Crippen molar-refractivity contribution in [2.75, 3.05) is 24.7 Å². The number of aryl methyl sites for hydroxylation is 2. The molecule has 2 heterocycles. The van der Waals surface area contributed by atoms with Crippen LogP contribution in [0.1, 0.15) is 54.8 Å². The Balaban J connectivity index is 2.07.